The second-order valence-electron chi connectivity index (χ2n) is 4.96. The van der Waals surface area contributed by atoms with Crippen molar-refractivity contribution in [1.29, 1.82) is 0 Å². The molecule has 6 heteroatoms. The number of fused-ring (bicyclic) bond motifs is 3. The van der Waals surface area contributed by atoms with Gasteiger partial charge in [-0.2, -0.15) is 0 Å². The van der Waals surface area contributed by atoms with E-state index in [1.807, 2.05) is 13.8 Å². The molecule has 3 heterocycles. The van der Waals surface area contributed by atoms with Gasteiger partial charge in [-0.05, 0) is 18.9 Å². The fourth-order valence-corrected chi connectivity index (χ4v) is 3.64. The molecule has 1 aliphatic heterocycles. The number of thiophene rings is 1. The van der Waals surface area contributed by atoms with Crippen LogP contribution in [0.4, 0.5) is 0 Å². The summed E-state index contributed by atoms with van der Waals surface area (Å²) in [4.78, 5) is 18.9. The number of aryl methyl sites for hydroxylation is 1. The predicted molar refractivity (Wildman–Crippen MR) is 76.0 cm³/mol. The minimum Gasteiger partial charge on any atom is -0.373 e. The van der Waals surface area contributed by atoms with Crippen molar-refractivity contribution in [2.45, 2.75) is 45.8 Å². The monoisotopic (exact) mass is 279 g/mol. The van der Waals surface area contributed by atoms with Crippen LogP contribution in [0.2, 0.25) is 0 Å². The highest BCUT2D eigenvalue weighted by molar-refractivity contribution is 7.18. The lowest BCUT2D eigenvalue weighted by Crippen LogP contribution is -2.32. The van der Waals surface area contributed by atoms with Crippen molar-refractivity contribution in [2.75, 3.05) is 5.84 Å². The number of aromatic nitrogens is 2. The van der Waals surface area contributed by atoms with Crippen molar-refractivity contribution in [1.82, 2.24) is 9.66 Å². The van der Waals surface area contributed by atoms with Gasteiger partial charge in [0.25, 0.3) is 5.56 Å². The smallest absolute Gasteiger partial charge is 0.280 e. The maximum absolute atomic E-state index is 12.4. The molecule has 0 unspecified atom stereocenters. The van der Waals surface area contributed by atoms with Crippen LogP contribution in [0.1, 0.15) is 36.5 Å². The van der Waals surface area contributed by atoms with Crippen LogP contribution in [-0.4, -0.2) is 15.8 Å². The Kier molecular flexibility index (Phi) is 3.06. The van der Waals surface area contributed by atoms with Crippen LogP contribution in [0.5, 0.6) is 0 Å². The molecule has 0 bridgehead atoms. The van der Waals surface area contributed by atoms with Crippen molar-refractivity contribution in [2.24, 2.45) is 0 Å². The third-order valence-electron chi connectivity index (χ3n) is 3.48. The van der Waals surface area contributed by atoms with E-state index < -0.39 is 0 Å². The molecule has 2 aromatic rings. The van der Waals surface area contributed by atoms with Gasteiger partial charge in [-0.3, -0.25) is 4.79 Å². The topological polar surface area (TPSA) is 70.1 Å². The SMILES string of the molecule is CCCc1nc2sc3c(c2c(=O)n1N)C[C@H](C)OC3. The summed E-state index contributed by atoms with van der Waals surface area (Å²) in [6.07, 6.45) is 2.54. The summed E-state index contributed by atoms with van der Waals surface area (Å²) < 4.78 is 6.83. The second-order valence-corrected chi connectivity index (χ2v) is 6.05. The first-order valence-electron chi connectivity index (χ1n) is 6.54. The summed E-state index contributed by atoms with van der Waals surface area (Å²) in [6.45, 7) is 4.64. The number of nitrogens with two attached hydrogens (primary N) is 1. The van der Waals surface area contributed by atoms with E-state index in [9.17, 15) is 4.79 Å². The maximum Gasteiger partial charge on any atom is 0.280 e. The Morgan fingerprint density at radius 2 is 2.37 bits per heavy atom. The molecule has 0 spiro atoms. The number of ether oxygens (including phenoxy) is 1. The molecule has 0 saturated heterocycles. The molecule has 1 aliphatic rings. The highest BCUT2D eigenvalue weighted by atomic mass is 32.1. The van der Waals surface area contributed by atoms with Crippen molar-refractivity contribution >= 4 is 21.6 Å². The lowest BCUT2D eigenvalue weighted by molar-refractivity contribution is 0.0437. The highest BCUT2D eigenvalue weighted by Crippen LogP contribution is 2.33. The molecular weight excluding hydrogens is 262 g/mol. The molecule has 102 valence electrons. The van der Waals surface area contributed by atoms with Crippen LogP contribution >= 0.6 is 11.3 Å². The lowest BCUT2D eigenvalue weighted by atomic mass is 10.0. The summed E-state index contributed by atoms with van der Waals surface area (Å²) in [6, 6.07) is 0. The minimum atomic E-state index is -0.125. The van der Waals surface area contributed by atoms with Crippen molar-refractivity contribution < 1.29 is 4.74 Å². The minimum absolute atomic E-state index is 0.125. The van der Waals surface area contributed by atoms with Gasteiger partial charge in [0, 0.05) is 17.7 Å². The van der Waals surface area contributed by atoms with Gasteiger partial charge in [-0.25, -0.2) is 9.66 Å². The largest absolute Gasteiger partial charge is 0.373 e. The first-order chi connectivity index (χ1) is 9.11. The third kappa shape index (κ3) is 1.95. The molecule has 0 amide bonds. The van der Waals surface area contributed by atoms with Crippen LogP contribution in [0.25, 0.3) is 10.2 Å². The standard InChI is InChI=1S/C13H17N3O2S/c1-3-4-10-15-12-11(13(17)16(10)14)8-5-7(2)18-6-9(8)19-12/h7H,3-6,14H2,1-2H3/t7-/m0/s1. The Balaban J connectivity index is 2.27. The molecule has 1 atom stereocenters. The molecule has 5 nitrogen and oxygen atoms in total. The van der Waals surface area contributed by atoms with Crippen LogP contribution in [0.15, 0.2) is 4.79 Å². The van der Waals surface area contributed by atoms with Crippen LogP contribution in [0, 0.1) is 0 Å². The summed E-state index contributed by atoms with van der Waals surface area (Å²) in [5.41, 5.74) is 0.957. The molecule has 0 aromatic carbocycles. The summed E-state index contributed by atoms with van der Waals surface area (Å²) in [5.74, 6) is 6.54. The van der Waals surface area contributed by atoms with Gasteiger partial charge in [0.2, 0.25) is 0 Å². The maximum atomic E-state index is 12.4. The number of rotatable bonds is 2. The molecule has 0 aliphatic carbocycles. The molecule has 2 N–H and O–H groups in total. The van der Waals surface area contributed by atoms with Gasteiger partial charge >= 0.3 is 0 Å². The Labute approximate surface area is 115 Å². The van der Waals surface area contributed by atoms with E-state index in [0.717, 1.165) is 34.5 Å². The van der Waals surface area contributed by atoms with Gasteiger partial charge < -0.3 is 10.6 Å². The highest BCUT2D eigenvalue weighted by Gasteiger charge is 2.24. The second kappa shape index (κ2) is 4.61. The van der Waals surface area contributed by atoms with Gasteiger partial charge in [-0.1, -0.05) is 6.92 Å². The van der Waals surface area contributed by atoms with Crippen molar-refractivity contribution in [3.05, 3.63) is 26.6 Å². The quantitative estimate of drug-likeness (QED) is 0.847. The summed E-state index contributed by atoms with van der Waals surface area (Å²) >= 11 is 1.56. The Bertz CT molecular complexity index is 689. The van der Waals surface area contributed by atoms with Crippen LogP contribution in [0.3, 0.4) is 0 Å². The average Bonchev–Trinajstić information content (AvgIpc) is 2.73. The van der Waals surface area contributed by atoms with Crippen molar-refractivity contribution in [3.8, 4) is 0 Å². The van der Waals surface area contributed by atoms with E-state index in [2.05, 4.69) is 4.98 Å². The molecule has 19 heavy (non-hydrogen) atoms. The fraction of sp³-hybridized carbons (Fsp3) is 0.538. The van der Waals surface area contributed by atoms with E-state index in [4.69, 9.17) is 10.6 Å². The molecule has 2 aromatic heterocycles. The average molecular weight is 279 g/mol. The first kappa shape index (κ1) is 12.6. The number of nitrogens with zero attached hydrogens (tertiary/aromatic N) is 2. The van der Waals surface area contributed by atoms with Gasteiger partial charge in [0.15, 0.2) is 0 Å². The van der Waals surface area contributed by atoms with Gasteiger partial charge in [-0.15, -0.1) is 11.3 Å². The molecule has 3 rings (SSSR count). The summed E-state index contributed by atoms with van der Waals surface area (Å²) in [5, 5.41) is 0.692. The zero-order valence-electron chi connectivity index (χ0n) is 11.1. The van der Waals surface area contributed by atoms with E-state index >= 15 is 0 Å². The van der Waals surface area contributed by atoms with E-state index in [0.29, 0.717) is 17.8 Å². The van der Waals surface area contributed by atoms with Crippen LogP contribution < -0.4 is 11.4 Å². The Morgan fingerprint density at radius 3 is 3.11 bits per heavy atom. The van der Waals surface area contributed by atoms with Gasteiger partial charge in [0.05, 0.1) is 18.1 Å². The van der Waals surface area contributed by atoms with Crippen molar-refractivity contribution in [3.63, 3.8) is 0 Å². The zero-order chi connectivity index (χ0) is 13.6. The number of hydrogen-bond acceptors (Lipinski definition) is 5. The number of hydrogen-bond donors (Lipinski definition) is 1. The Hall–Kier alpha value is -1.40. The van der Waals surface area contributed by atoms with E-state index in [1.165, 1.54) is 4.68 Å². The fourth-order valence-electron chi connectivity index (χ4n) is 2.50. The lowest BCUT2D eigenvalue weighted by Gasteiger charge is -2.19. The molecule has 0 radical (unpaired) electrons. The first-order valence-corrected chi connectivity index (χ1v) is 7.36. The van der Waals surface area contributed by atoms with E-state index in [-0.39, 0.29) is 11.7 Å². The normalized spacial score (nSPS) is 18.7. The Morgan fingerprint density at radius 1 is 1.58 bits per heavy atom. The predicted octanol–water partition coefficient (Wildman–Crippen LogP) is 1.59. The van der Waals surface area contributed by atoms with E-state index in [1.54, 1.807) is 11.3 Å². The zero-order valence-corrected chi connectivity index (χ0v) is 11.9. The van der Waals surface area contributed by atoms with Crippen LogP contribution in [-0.2, 0) is 24.2 Å². The molecule has 0 fully saturated rings. The van der Waals surface area contributed by atoms with Gasteiger partial charge in [0.1, 0.15) is 10.7 Å². The molecule has 0 saturated carbocycles. The third-order valence-corrected chi connectivity index (χ3v) is 4.58. The summed E-state index contributed by atoms with van der Waals surface area (Å²) in [7, 11) is 0. The molecular formula is C13H17N3O2S. The number of nitrogen functional groups attached to an aromatic ring is 1.